The van der Waals surface area contributed by atoms with E-state index in [1.165, 1.54) is 16.4 Å². The number of fused-ring (bicyclic) bond motifs is 1. The van der Waals surface area contributed by atoms with Crippen LogP contribution in [0.4, 0.5) is 4.39 Å². The molecule has 0 bridgehead atoms. The van der Waals surface area contributed by atoms with E-state index in [4.69, 9.17) is 0 Å². The van der Waals surface area contributed by atoms with Crippen molar-refractivity contribution in [3.63, 3.8) is 0 Å². The highest BCUT2D eigenvalue weighted by Crippen LogP contribution is 2.36. The lowest BCUT2D eigenvalue weighted by Gasteiger charge is -2.36. The molecule has 0 radical (unpaired) electrons. The van der Waals surface area contributed by atoms with E-state index in [0.29, 0.717) is 18.5 Å². The number of sulfonamides is 1. The molecule has 0 aromatic heterocycles. The number of carbonyl (C=O) groups is 1. The van der Waals surface area contributed by atoms with E-state index < -0.39 is 16.1 Å². The fourth-order valence-corrected chi connectivity index (χ4v) is 5.67. The predicted octanol–water partition coefficient (Wildman–Crippen LogP) is 4.13. The molecule has 0 spiro atoms. The molecule has 1 aliphatic rings. The van der Waals surface area contributed by atoms with Crippen LogP contribution in [0.5, 0.6) is 0 Å². The molecule has 0 aliphatic carbocycles. The Labute approximate surface area is 187 Å². The van der Waals surface area contributed by atoms with E-state index in [0.717, 1.165) is 16.7 Å². The Kier molecular flexibility index (Phi) is 6.39. The van der Waals surface area contributed by atoms with Crippen molar-refractivity contribution < 1.29 is 17.6 Å². The maximum Gasteiger partial charge on any atom is 0.243 e. The number of benzene rings is 3. The fourth-order valence-electron chi connectivity index (χ4n) is 4.07. The van der Waals surface area contributed by atoms with E-state index in [9.17, 15) is 17.6 Å². The number of carbonyl (C=O) groups excluding carboxylic acids is 1. The maximum atomic E-state index is 13.5. The van der Waals surface area contributed by atoms with Crippen molar-refractivity contribution in [3.05, 3.63) is 101 Å². The van der Waals surface area contributed by atoms with E-state index in [2.05, 4.69) is 5.32 Å². The molecule has 0 saturated carbocycles. The van der Waals surface area contributed by atoms with Crippen molar-refractivity contribution in [1.29, 1.82) is 0 Å². The van der Waals surface area contributed by atoms with Crippen LogP contribution < -0.4 is 5.32 Å². The first-order chi connectivity index (χ1) is 15.3. The second-order valence-corrected chi connectivity index (χ2v) is 9.89. The van der Waals surface area contributed by atoms with Gasteiger partial charge in [-0.1, -0.05) is 54.1 Å². The highest BCUT2D eigenvalue weighted by atomic mass is 32.2. The standard InChI is InChI=1S/C25H25FN2O3S/c1-18-9-11-22(12-10-18)32(30,31)28-14-13-20-6-2-3-8-23(20)24(28)16-25(29)27-17-19-5-4-7-21(26)15-19/h2-12,15,24H,13-14,16-17H2,1H3,(H,27,29). The van der Waals surface area contributed by atoms with Gasteiger partial charge in [0, 0.05) is 19.5 Å². The molecule has 3 aromatic rings. The summed E-state index contributed by atoms with van der Waals surface area (Å²) in [6.07, 6.45) is 0.570. The summed E-state index contributed by atoms with van der Waals surface area (Å²) in [7, 11) is -3.79. The third kappa shape index (κ3) is 4.74. The third-order valence-corrected chi connectivity index (χ3v) is 7.67. The lowest BCUT2D eigenvalue weighted by molar-refractivity contribution is -0.122. The van der Waals surface area contributed by atoms with Crippen LogP contribution in [0.2, 0.25) is 0 Å². The van der Waals surface area contributed by atoms with Gasteiger partial charge < -0.3 is 5.32 Å². The summed E-state index contributed by atoms with van der Waals surface area (Å²) >= 11 is 0. The Morgan fingerprint density at radius 2 is 1.81 bits per heavy atom. The van der Waals surface area contributed by atoms with Gasteiger partial charge in [-0.3, -0.25) is 4.79 Å². The minimum absolute atomic E-state index is 0.0164. The van der Waals surface area contributed by atoms with E-state index in [1.807, 2.05) is 31.2 Å². The topological polar surface area (TPSA) is 66.5 Å². The summed E-state index contributed by atoms with van der Waals surface area (Å²) in [6, 6.07) is 19.8. The summed E-state index contributed by atoms with van der Waals surface area (Å²) in [4.78, 5) is 13.0. The molecule has 3 aromatic carbocycles. The summed E-state index contributed by atoms with van der Waals surface area (Å²) in [6.45, 7) is 2.38. The zero-order valence-corrected chi connectivity index (χ0v) is 18.6. The first-order valence-electron chi connectivity index (χ1n) is 10.5. The summed E-state index contributed by atoms with van der Waals surface area (Å²) in [5.74, 6) is -0.659. The molecule has 1 aliphatic heterocycles. The first-order valence-corrected chi connectivity index (χ1v) is 12.0. The van der Waals surface area contributed by atoms with Crippen molar-refractivity contribution in [3.8, 4) is 0 Å². The van der Waals surface area contributed by atoms with Gasteiger partial charge in [0.2, 0.25) is 15.9 Å². The van der Waals surface area contributed by atoms with Gasteiger partial charge in [-0.2, -0.15) is 4.31 Å². The van der Waals surface area contributed by atoms with Crippen LogP contribution in [0.3, 0.4) is 0 Å². The zero-order chi connectivity index (χ0) is 22.7. The van der Waals surface area contributed by atoms with Gasteiger partial charge in [0.1, 0.15) is 5.82 Å². The summed E-state index contributed by atoms with van der Waals surface area (Å²) < 4.78 is 41.8. The Hall–Kier alpha value is -3.03. The molecule has 1 unspecified atom stereocenters. The van der Waals surface area contributed by atoms with E-state index in [-0.39, 0.29) is 29.6 Å². The summed E-state index contributed by atoms with van der Waals surface area (Å²) in [5.41, 5.74) is 3.51. The first kappa shape index (κ1) is 22.2. The number of halogens is 1. The Bertz CT molecular complexity index is 1230. The normalized spacial score (nSPS) is 16.4. The van der Waals surface area contributed by atoms with Crippen LogP contribution >= 0.6 is 0 Å². The van der Waals surface area contributed by atoms with Crippen LogP contribution in [0.25, 0.3) is 0 Å². The van der Waals surface area contributed by atoms with Crippen molar-refractivity contribution in [2.45, 2.75) is 37.2 Å². The molecule has 166 valence electrons. The average molecular weight is 453 g/mol. The number of nitrogens with zero attached hydrogens (tertiary/aromatic N) is 1. The molecule has 1 N–H and O–H groups in total. The van der Waals surface area contributed by atoms with E-state index >= 15 is 0 Å². The number of nitrogens with one attached hydrogen (secondary N) is 1. The lowest BCUT2D eigenvalue weighted by atomic mass is 9.92. The number of aryl methyl sites for hydroxylation is 1. The van der Waals surface area contributed by atoms with Gasteiger partial charge >= 0.3 is 0 Å². The summed E-state index contributed by atoms with van der Waals surface area (Å²) in [5, 5.41) is 2.80. The average Bonchev–Trinajstić information content (AvgIpc) is 2.78. The number of rotatable bonds is 6. The van der Waals surface area contributed by atoms with Crippen LogP contribution in [0, 0.1) is 12.7 Å². The quantitative estimate of drug-likeness (QED) is 0.612. The molecule has 1 atom stereocenters. The highest BCUT2D eigenvalue weighted by molar-refractivity contribution is 7.89. The molecule has 0 fully saturated rings. The van der Waals surface area contributed by atoms with Crippen LogP contribution in [-0.2, 0) is 27.8 Å². The van der Waals surface area contributed by atoms with Crippen LogP contribution in [0.15, 0.2) is 77.7 Å². The van der Waals surface area contributed by atoms with Gasteiger partial charge in [-0.15, -0.1) is 0 Å². The Balaban J connectivity index is 1.59. The number of hydrogen-bond acceptors (Lipinski definition) is 3. The van der Waals surface area contributed by atoms with Gasteiger partial charge in [-0.25, -0.2) is 12.8 Å². The van der Waals surface area contributed by atoms with Crippen molar-refractivity contribution in [2.75, 3.05) is 6.54 Å². The number of amides is 1. The second-order valence-electron chi connectivity index (χ2n) is 8.00. The SMILES string of the molecule is Cc1ccc(S(=O)(=O)N2CCc3ccccc3C2CC(=O)NCc2cccc(F)c2)cc1. The van der Waals surface area contributed by atoms with Gasteiger partial charge in [-0.05, 0) is 54.3 Å². The molecule has 1 amide bonds. The van der Waals surface area contributed by atoms with Gasteiger partial charge in [0.15, 0.2) is 0 Å². The molecule has 0 saturated heterocycles. The second kappa shape index (κ2) is 9.22. The smallest absolute Gasteiger partial charge is 0.243 e. The molecule has 7 heteroatoms. The molecular weight excluding hydrogens is 427 g/mol. The molecule has 1 heterocycles. The maximum absolute atomic E-state index is 13.5. The van der Waals surface area contributed by atoms with Gasteiger partial charge in [0.25, 0.3) is 0 Å². The lowest BCUT2D eigenvalue weighted by Crippen LogP contribution is -2.42. The minimum Gasteiger partial charge on any atom is -0.352 e. The van der Waals surface area contributed by atoms with Crippen molar-refractivity contribution >= 4 is 15.9 Å². The molecular formula is C25H25FN2O3S. The van der Waals surface area contributed by atoms with Crippen molar-refractivity contribution in [2.24, 2.45) is 0 Å². The Morgan fingerprint density at radius 1 is 1.06 bits per heavy atom. The molecule has 5 nitrogen and oxygen atoms in total. The van der Waals surface area contributed by atoms with Gasteiger partial charge in [0.05, 0.1) is 10.9 Å². The minimum atomic E-state index is -3.79. The molecule has 4 rings (SSSR count). The van der Waals surface area contributed by atoms with Crippen LogP contribution in [0.1, 0.15) is 34.7 Å². The number of hydrogen-bond donors (Lipinski definition) is 1. The Morgan fingerprint density at radius 3 is 2.56 bits per heavy atom. The highest BCUT2D eigenvalue weighted by Gasteiger charge is 2.37. The van der Waals surface area contributed by atoms with E-state index in [1.54, 1.807) is 36.4 Å². The zero-order valence-electron chi connectivity index (χ0n) is 17.8. The predicted molar refractivity (Wildman–Crippen MR) is 121 cm³/mol. The largest absolute Gasteiger partial charge is 0.352 e. The van der Waals surface area contributed by atoms with Crippen LogP contribution in [-0.4, -0.2) is 25.2 Å². The fraction of sp³-hybridized carbons (Fsp3) is 0.240. The monoisotopic (exact) mass is 452 g/mol. The third-order valence-electron chi connectivity index (χ3n) is 5.75. The molecule has 32 heavy (non-hydrogen) atoms. The van der Waals surface area contributed by atoms with Crippen molar-refractivity contribution in [1.82, 2.24) is 9.62 Å².